The standard InChI is InChI=1S/C18H20N2O4/c1-12(13(2)21)18(14-4-8-16(9-5-14)20(22)23)19-15-6-10-17(24-3)11-7-15/h4-12,18-19H,1-3H3/t12-,18+/m1/s1. The number of nitrogens with zero attached hydrogens (tertiary/aromatic N) is 1. The fourth-order valence-electron chi connectivity index (χ4n) is 2.40. The molecule has 0 spiro atoms. The van der Waals surface area contributed by atoms with Gasteiger partial charge < -0.3 is 10.1 Å². The molecular weight excluding hydrogens is 308 g/mol. The van der Waals surface area contributed by atoms with Crippen LogP contribution in [0.1, 0.15) is 25.5 Å². The van der Waals surface area contributed by atoms with Gasteiger partial charge in [-0.25, -0.2) is 0 Å². The lowest BCUT2D eigenvalue weighted by Gasteiger charge is -2.25. The summed E-state index contributed by atoms with van der Waals surface area (Å²) in [7, 11) is 1.60. The van der Waals surface area contributed by atoms with Crippen molar-refractivity contribution in [2.24, 2.45) is 5.92 Å². The summed E-state index contributed by atoms with van der Waals surface area (Å²) in [5, 5.41) is 14.1. The summed E-state index contributed by atoms with van der Waals surface area (Å²) in [4.78, 5) is 22.2. The molecule has 0 radical (unpaired) electrons. The van der Waals surface area contributed by atoms with Crippen LogP contribution < -0.4 is 10.1 Å². The molecule has 0 aliphatic carbocycles. The predicted octanol–water partition coefficient (Wildman–Crippen LogP) is 3.98. The number of hydrogen-bond donors (Lipinski definition) is 1. The first-order valence-electron chi connectivity index (χ1n) is 7.57. The third-order valence-corrected chi connectivity index (χ3v) is 4.02. The van der Waals surface area contributed by atoms with E-state index in [-0.39, 0.29) is 23.4 Å². The van der Waals surface area contributed by atoms with Crippen LogP contribution in [0.5, 0.6) is 5.75 Å². The quantitative estimate of drug-likeness (QED) is 0.614. The number of methoxy groups -OCH3 is 1. The summed E-state index contributed by atoms with van der Waals surface area (Å²) in [6, 6.07) is 13.4. The summed E-state index contributed by atoms with van der Waals surface area (Å²) in [5.41, 5.74) is 1.68. The van der Waals surface area contributed by atoms with Crippen molar-refractivity contribution in [1.82, 2.24) is 0 Å². The zero-order valence-corrected chi connectivity index (χ0v) is 13.9. The molecule has 0 saturated carbocycles. The van der Waals surface area contributed by atoms with Crippen molar-refractivity contribution in [1.29, 1.82) is 0 Å². The van der Waals surface area contributed by atoms with E-state index in [2.05, 4.69) is 5.32 Å². The highest BCUT2D eigenvalue weighted by Crippen LogP contribution is 2.29. The number of nitro groups is 1. The van der Waals surface area contributed by atoms with Gasteiger partial charge in [-0.2, -0.15) is 0 Å². The van der Waals surface area contributed by atoms with Crippen molar-refractivity contribution in [2.75, 3.05) is 12.4 Å². The van der Waals surface area contributed by atoms with Crippen molar-refractivity contribution < 1.29 is 14.5 Å². The topological polar surface area (TPSA) is 81.5 Å². The highest BCUT2D eigenvalue weighted by atomic mass is 16.6. The Hall–Kier alpha value is -2.89. The van der Waals surface area contributed by atoms with Crippen molar-refractivity contribution in [3.05, 3.63) is 64.2 Å². The maximum Gasteiger partial charge on any atom is 0.269 e. The van der Waals surface area contributed by atoms with Gasteiger partial charge in [-0.3, -0.25) is 14.9 Å². The predicted molar refractivity (Wildman–Crippen MR) is 92.3 cm³/mol. The van der Waals surface area contributed by atoms with E-state index in [4.69, 9.17) is 4.74 Å². The second-order valence-electron chi connectivity index (χ2n) is 5.60. The molecule has 0 aliphatic rings. The second-order valence-corrected chi connectivity index (χ2v) is 5.60. The summed E-state index contributed by atoms with van der Waals surface area (Å²) in [6.07, 6.45) is 0. The SMILES string of the molecule is COc1ccc(N[C@H](c2ccc([N+](=O)[O-])cc2)[C@H](C)C(C)=O)cc1. The Kier molecular flexibility index (Phi) is 5.52. The average molecular weight is 328 g/mol. The lowest BCUT2D eigenvalue weighted by Crippen LogP contribution is -2.24. The fourth-order valence-corrected chi connectivity index (χ4v) is 2.40. The zero-order valence-electron chi connectivity index (χ0n) is 13.9. The molecule has 6 heteroatoms. The maximum atomic E-state index is 11.9. The van der Waals surface area contributed by atoms with Crippen LogP contribution in [0, 0.1) is 16.0 Å². The molecule has 0 aliphatic heterocycles. The van der Waals surface area contributed by atoms with Crippen molar-refractivity contribution in [3.8, 4) is 5.75 Å². The number of carbonyl (C=O) groups is 1. The van der Waals surface area contributed by atoms with Crippen LogP contribution in [0.25, 0.3) is 0 Å². The highest BCUT2D eigenvalue weighted by molar-refractivity contribution is 5.79. The van der Waals surface area contributed by atoms with Gasteiger partial charge in [0.05, 0.1) is 18.1 Å². The lowest BCUT2D eigenvalue weighted by atomic mass is 9.91. The molecule has 6 nitrogen and oxygen atoms in total. The smallest absolute Gasteiger partial charge is 0.269 e. The van der Waals surface area contributed by atoms with Gasteiger partial charge in [-0.05, 0) is 36.8 Å². The van der Waals surface area contributed by atoms with Gasteiger partial charge in [0.15, 0.2) is 0 Å². The number of nitrogens with one attached hydrogen (secondary N) is 1. The van der Waals surface area contributed by atoms with Gasteiger partial charge in [0, 0.05) is 23.7 Å². The lowest BCUT2D eigenvalue weighted by molar-refractivity contribution is -0.384. The maximum absolute atomic E-state index is 11.9. The first-order valence-corrected chi connectivity index (χ1v) is 7.57. The molecule has 0 heterocycles. The molecule has 0 bridgehead atoms. The normalized spacial score (nSPS) is 13.0. The van der Waals surface area contributed by atoms with Crippen LogP contribution >= 0.6 is 0 Å². The van der Waals surface area contributed by atoms with E-state index < -0.39 is 4.92 Å². The van der Waals surface area contributed by atoms with Crippen LogP contribution in [0.15, 0.2) is 48.5 Å². The summed E-state index contributed by atoms with van der Waals surface area (Å²) < 4.78 is 5.13. The number of hydrogen-bond acceptors (Lipinski definition) is 5. The van der Waals surface area contributed by atoms with Gasteiger partial charge in [0.25, 0.3) is 5.69 Å². The van der Waals surface area contributed by atoms with Crippen molar-refractivity contribution in [2.45, 2.75) is 19.9 Å². The molecule has 0 saturated heterocycles. The molecule has 0 fully saturated rings. The van der Waals surface area contributed by atoms with E-state index >= 15 is 0 Å². The van der Waals surface area contributed by atoms with Crippen LogP contribution in [-0.4, -0.2) is 17.8 Å². The Bertz CT molecular complexity index is 711. The molecule has 0 aromatic heterocycles. The van der Waals surface area contributed by atoms with E-state index in [0.717, 1.165) is 17.0 Å². The van der Waals surface area contributed by atoms with Crippen molar-refractivity contribution in [3.63, 3.8) is 0 Å². The molecule has 24 heavy (non-hydrogen) atoms. The largest absolute Gasteiger partial charge is 0.497 e. The Morgan fingerprint density at radius 1 is 1.12 bits per heavy atom. The minimum Gasteiger partial charge on any atom is -0.497 e. The van der Waals surface area contributed by atoms with Gasteiger partial charge in [0.1, 0.15) is 11.5 Å². The molecule has 126 valence electrons. The fraction of sp³-hybridized carbons (Fsp3) is 0.278. The Morgan fingerprint density at radius 2 is 1.71 bits per heavy atom. The summed E-state index contributed by atoms with van der Waals surface area (Å²) in [6.45, 7) is 3.38. The third kappa shape index (κ3) is 4.10. The monoisotopic (exact) mass is 328 g/mol. The number of anilines is 1. The molecular formula is C18H20N2O4. The minimum absolute atomic E-state index is 0.0254. The number of non-ortho nitro benzene ring substituents is 1. The van der Waals surface area contributed by atoms with Crippen molar-refractivity contribution >= 4 is 17.2 Å². The molecule has 0 amide bonds. The van der Waals surface area contributed by atoms with E-state index in [9.17, 15) is 14.9 Å². The van der Waals surface area contributed by atoms with E-state index in [0.29, 0.717) is 0 Å². The van der Waals surface area contributed by atoms with Crippen LogP contribution in [0.4, 0.5) is 11.4 Å². The van der Waals surface area contributed by atoms with Gasteiger partial charge in [0.2, 0.25) is 0 Å². The second kappa shape index (κ2) is 7.59. The summed E-state index contributed by atoms with van der Waals surface area (Å²) >= 11 is 0. The molecule has 2 atom stereocenters. The molecule has 0 unspecified atom stereocenters. The number of nitro benzene ring substituents is 1. The number of ether oxygens (including phenoxy) is 1. The highest BCUT2D eigenvalue weighted by Gasteiger charge is 2.23. The third-order valence-electron chi connectivity index (χ3n) is 4.02. The van der Waals surface area contributed by atoms with E-state index in [1.807, 2.05) is 31.2 Å². The number of carbonyl (C=O) groups excluding carboxylic acids is 1. The Morgan fingerprint density at radius 3 is 2.17 bits per heavy atom. The van der Waals surface area contributed by atoms with E-state index in [1.165, 1.54) is 12.1 Å². The average Bonchev–Trinajstić information content (AvgIpc) is 2.59. The molecule has 2 aromatic carbocycles. The van der Waals surface area contributed by atoms with Gasteiger partial charge in [-0.15, -0.1) is 0 Å². The zero-order chi connectivity index (χ0) is 17.7. The van der Waals surface area contributed by atoms with Crippen LogP contribution in [0.3, 0.4) is 0 Å². The minimum atomic E-state index is -0.440. The van der Waals surface area contributed by atoms with Crippen LogP contribution in [0.2, 0.25) is 0 Å². The van der Waals surface area contributed by atoms with Gasteiger partial charge >= 0.3 is 0 Å². The summed E-state index contributed by atoms with van der Waals surface area (Å²) in [5.74, 6) is 0.500. The number of rotatable bonds is 7. The number of Topliss-reactive ketones (excluding diaryl/α,β-unsaturated/α-hetero) is 1. The number of ketones is 1. The Balaban J connectivity index is 2.29. The van der Waals surface area contributed by atoms with Gasteiger partial charge in [-0.1, -0.05) is 19.1 Å². The van der Waals surface area contributed by atoms with E-state index in [1.54, 1.807) is 26.2 Å². The molecule has 2 aromatic rings. The molecule has 1 N–H and O–H groups in total. The number of benzene rings is 2. The Labute approximate surface area is 140 Å². The first-order chi connectivity index (χ1) is 11.4. The molecule has 2 rings (SSSR count). The first kappa shape index (κ1) is 17.5. The van der Waals surface area contributed by atoms with Crippen LogP contribution in [-0.2, 0) is 4.79 Å².